The maximum absolute atomic E-state index is 13.1. The van der Waals surface area contributed by atoms with Gasteiger partial charge in [-0.15, -0.1) is 0 Å². The zero-order valence-electron chi connectivity index (χ0n) is 21.0. The van der Waals surface area contributed by atoms with E-state index in [1.807, 2.05) is 42.5 Å². The summed E-state index contributed by atoms with van der Waals surface area (Å²) in [6, 6.07) is 19.0. The van der Waals surface area contributed by atoms with E-state index in [1.54, 1.807) is 32.0 Å². The number of benzene rings is 3. The number of hydrogen-bond acceptors (Lipinski definition) is 4. The van der Waals surface area contributed by atoms with E-state index >= 15 is 0 Å². The van der Waals surface area contributed by atoms with Gasteiger partial charge in [0, 0.05) is 5.69 Å². The third kappa shape index (κ3) is 5.51. The van der Waals surface area contributed by atoms with Crippen LogP contribution < -0.4 is 10.1 Å². The number of carbonyl (C=O) groups is 1. The predicted molar refractivity (Wildman–Crippen MR) is 142 cm³/mol. The van der Waals surface area contributed by atoms with Gasteiger partial charge in [0.25, 0.3) is 5.91 Å². The Bertz CT molecular complexity index is 1370. The summed E-state index contributed by atoms with van der Waals surface area (Å²) < 4.78 is 12.0. The summed E-state index contributed by atoms with van der Waals surface area (Å²) in [5, 5.41) is 3.42. The van der Waals surface area contributed by atoms with Gasteiger partial charge in [-0.1, -0.05) is 57.5 Å². The smallest absolute Gasteiger partial charge is 0.267 e. The van der Waals surface area contributed by atoms with Gasteiger partial charge >= 0.3 is 0 Å². The van der Waals surface area contributed by atoms with E-state index in [2.05, 4.69) is 38.0 Å². The molecule has 182 valence electrons. The average Bonchev–Trinajstić information content (AvgIpc) is 3.22. The van der Waals surface area contributed by atoms with Crippen molar-refractivity contribution in [1.29, 1.82) is 0 Å². The molecule has 4 aromatic rings. The van der Waals surface area contributed by atoms with Gasteiger partial charge in [-0.25, -0.2) is 4.98 Å². The summed E-state index contributed by atoms with van der Waals surface area (Å²) in [6.45, 7) is 12.0. The summed E-state index contributed by atoms with van der Waals surface area (Å²) in [5.74, 6) is 0.757. The summed E-state index contributed by atoms with van der Waals surface area (Å²) in [7, 11) is 0. The number of amides is 1. The van der Waals surface area contributed by atoms with Crippen LogP contribution in [0, 0.1) is 0 Å². The standard InChI is InChI=1S/C29H31ClN2O3/c1-7-18-8-15-25-24(16-18)32-26(34-25)22-17-20(11-14-23(22)30)31-27(33)29(5,6)35-21-12-9-19(10-13-21)28(2,3)4/h8-17H,7H2,1-6H3,(H,31,33). The fourth-order valence-electron chi connectivity index (χ4n) is 3.72. The van der Waals surface area contributed by atoms with Gasteiger partial charge in [0.1, 0.15) is 11.3 Å². The Balaban J connectivity index is 1.53. The molecule has 0 fully saturated rings. The molecule has 1 aromatic heterocycles. The largest absolute Gasteiger partial charge is 0.478 e. The van der Waals surface area contributed by atoms with E-state index in [9.17, 15) is 4.79 Å². The van der Waals surface area contributed by atoms with E-state index in [4.69, 9.17) is 20.8 Å². The van der Waals surface area contributed by atoms with Crippen LogP contribution in [0.1, 0.15) is 52.7 Å². The molecule has 0 aliphatic heterocycles. The quantitative estimate of drug-likeness (QED) is 0.299. The van der Waals surface area contributed by atoms with Crippen molar-refractivity contribution in [2.45, 2.75) is 59.0 Å². The molecule has 0 radical (unpaired) electrons. The van der Waals surface area contributed by atoms with E-state index < -0.39 is 5.60 Å². The monoisotopic (exact) mass is 490 g/mol. The number of hydrogen-bond donors (Lipinski definition) is 1. The van der Waals surface area contributed by atoms with Crippen molar-refractivity contribution < 1.29 is 13.9 Å². The first-order chi connectivity index (χ1) is 16.5. The van der Waals surface area contributed by atoms with Crippen molar-refractivity contribution in [1.82, 2.24) is 4.98 Å². The molecule has 3 aromatic carbocycles. The Labute approximate surface area is 211 Å². The summed E-state index contributed by atoms with van der Waals surface area (Å²) >= 11 is 6.46. The van der Waals surface area contributed by atoms with E-state index in [1.165, 1.54) is 11.1 Å². The summed E-state index contributed by atoms with van der Waals surface area (Å²) in [5.41, 5.74) is 3.97. The number of aryl methyl sites for hydroxylation is 1. The first-order valence-corrected chi connectivity index (χ1v) is 12.1. The zero-order valence-corrected chi connectivity index (χ0v) is 21.8. The number of halogens is 1. The minimum atomic E-state index is -1.10. The fourth-order valence-corrected chi connectivity index (χ4v) is 3.92. The molecule has 0 aliphatic carbocycles. The highest BCUT2D eigenvalue weighted by Gasteiger charge is 2.30. The Morgan fingerprint density at radius 1 is 1.00 bits per heavy atom. The van der Waals surface area contributed by atoms with E-state index in [0.29, 0.717) is 33.5 Å². The molecule has 35 heavy (non-hydrogen) atoms. The SMILES string of the molecule is CCc1ccc2oc(-c3cc(NC(=O)C(C)(C)Oc4ccc(C(C)(C)C)cc4)ccc3Cl)nc2c1. The van der Waals surface area contributed by atoms with Crippen LogP contribution in [-0.4, -0.2) is 16.5 Å². The normalized spacial score (nSPS) is 12.1. The number of nitrogens with zero attached hydrogens (tertiary/aromatic N) is 1. The zero-order chi connectivity index (χ0) is 25.4. The molecule has 0 saturated heterocycles. The number of nitrogens with one attached hydrogen (secondary N) is 1. The van der Waals surface area contributed by atoms with Crippen LogP contribution in [0.3, 0.4) is 0 Å². The predicted octanol–water partition coefficient (Wildman–Crippen LogP) is 7.80. The second kappa shape index (κ2) is 9.38. The van der Waals surface area contributed by atoms with Gasteiger partial charge in [0.15, 0.2) is 11.2 Å². The number of fused-ring (bicyclic) bond motifs is 1. The van der Waals surface area contributed by atoms with Crippen LogP contribution in [0.25, 0.3) is 22.6 Å². The average molecular weight is 491 g/mol. The fraction of sp³-hybridized carbons (Fsp3) is 0.310. The second-order valence-electron chi connectivity index (χ2n) is 10.2. The molecule has 5 nitrogen and oxygen atoms in total. The van der Waals surface area contributed by atoms with Crippen LogP contribution >= 0.6 is 11.6 Å². The van der Waals surface area contributed by atoms with Crippen molar-refractivity contribution in [2.24, 2.45) is 0 Å². The first kappa shape index (κ1) is 24.8. The molecule has 4 rings (SSSR count). The minimum absolute atomic E-state index is 0.0463. The Morgan fingerprint density at radius 2 is 1.71 bits per heavy atom. The topological polar surface area (TPSA) is 64.4 Å². The van der Waals surface area contributed by atoms with Crippen LogP contribution in [-0.2, 0) is 16.6 Å². The highest BCUT2D eigenvalue weighted by molar-refractivity contribution is 6.33. The van der Waals surface area contributed by atoms with Crippen LogP contribution in [0.5, 0.6) is 5.75 Å². The highest BCUT2D eigenvalue weighted by Crippen LogP contribution is 2.33. The lowest BCUT2D eigenvalue weighted by molar-refractivity contribution is -0.128. The number of oxazole rings is 1. The number of anilines is 1. The Morgan fingerprint density at radius 3 is 2.37 bits per heavy atom. The second-order valence-corrected chi connectivity index (χ2v) is 10.6. The third-order valence-corrected chi connectivity index (χ3v) is 6.28. The number of rotatable bonds is 6. The molecule has 0 aliphatic rings. The van der Waals surface area contributed by atoms with Crippen molar-refractivity contribution in [3.63, 3.8) is 0 Å². The Hall–Kier alpha value is -3.31. The third-order valence-electron chi connectivity index (χ3n) is 5.96. The lowest BCUT2D eigenvalue weighted by atomic mass is 9.87. The molecule has 0 bridgehead atoms. The van der Waals surface area contributed by atoms with Gasteiger partial charge in [0.05, 0.1) is 10.6 Å². The summed E-state index contributed by atoms with van der Waals surface area (Å²) in [4.78, 5) is 17.7. The lowest BCUT2D eigenvalue weighted by Gasteiger charge is -2.26. The molecular weight excluding hydrogens is 460 g/mol. The molecule has 1 heterocycles. The maximum Gasteiger partial charge on any atom is 0.267 e. The number of aromatic nitrogens is 1. The van der Waals surface area contributed by atoms with Gasteiger partial charge in [-0.05, 0) is 79.3 Å². The minimum Gasteiger partial charge on any atom is -0.478 e. The molecule has 6 heteroatoms. The van der Waals surface area contributed by atoms with Crippen LogP contribution in [0.2, 0.25) is 5.02 Å². The van der Waals surface area contributed by atoms with Gasteiger partial charge in [-0.3, -0.25) is 4.79 Å². The van der Waals surface area contributed by atoms with Crippen LogP contribution in [0.15, 0.2) is 65.1 Å². The van der Waals surface area contributed by atoms with Gasteiger partial charge < -0.3 is 14.5 Å². The lowest BCUT2D eigenvalue weighted by Crippen LogP contribution is -2.42. The van der Waals surface area contributed by atoms with Crippen molar-refractivity contribution in [3.8, 4) is 17.2 Å². The molecule has 0 saturated carbocycles. The number of carbonyl (C=O) groups excluding carboxylic acids is 1. The Kier molecular flexibility index (Phi) is 6.65. The summed E-state index contributed by atoms with van der Waals surface area (Å²) in [6.07, 6.45) is 0.916. The molecular formula is C29H31ClN2O3. The van der Waals surface area contributed by atoms with Crippen molar-refractivity contribution >= 4 is 34.3 Å². The maximum atomic E-state index is 13.1. The van der Waals surface area contributed by atoms with Gasteiger partial charge in [-0.2, -0.15) is 0 Å². The molecule has 1 N–H and O–H groups in total. The van der Waals surface area contributed by atoms with Crippen LogP contribution in [0.4, 0.5) is 5.69 Å². The molecule has 1 amide bonds. The van der Waals surface area contributed by atoms with Gasteiger partial charge in [0.2, 0.25) is 5.89 Å². The number of ether oxygens (including phenoxy) is 1. The first-order valence-electron chi connectivity index (χ1n) is 11.8. The van der Waals surface area contributed by atoms with E-state index in [0.717, 1.165) is 11.9 Å². The highest BCUT2D eigenvalue weighted by atomic mass is 35.5. The van der Waals surface area contributed by atoms with E-state index in [-0.39, 0.29) is 11.3 Å². The molecule has 0 spiro atoms. The molecule has 0 atom stereocenters. The van der Waals surface area contributed by atoms with Crippen molar-refractivity contribution in [2.75, 3.05) is 5.32 Å². The van der Waals surface area contributed by atoms with Crippen molar-refractivity contribution in [3.05, 3.63) is 76.8 Å². The molecule has 0 unspecified atom stereocenters.